The van der Waals surface area contributed by atoms with Gasteiger partial charge in [0.25, 0.3) is 0 Å². The van der Waals surface area contributed by atoms with E-state index < -0.39 is 6.09 Å². The van der Waals surface area contributed by atoms with Crippen molar-refractivity contribution in [3.8, 4) is 0 Å². The minimum atomic E-state index is -0.873. The summed E-state index contributed by atoms with van der Waals surface area (Å²) in [6.45, 7) is 6.47. The molecule has 0 spiro atoms. The molecule has 6 heteroatoms. The fraction of sp³-hybridized carbons (Fsp3) is 0.818. The highest BCUT2D eigenvalue weighted by atomic mass is 16.5. The molecule has 1 aliphatic rings. The fourth-order valence-electron chi connectivity index (χ4n) is 1.97. The number of hydrogen-bond donors (Lipinski definition) is 1. The predicted molar refractivity (Wildman–Crippen MR) is 61.9 cm³/mol. The largest absolute Gasteiger partial charge is 0.466 e. The van der Waals surface area contributed by atoms with Gasteiger partial charge in [0.1, 0.15) is 0 Å². The molecule has 1 fully saturated rings. The van der Waals surface area contributed by atoms with Crippen molar-refractivity contribution < 1.29 is 19.4 Å². The minimum absolute atomic E-state index is 0.147. The van der Waals surface area contributed by atoms with Crippen LogP contribution in [0.2, 0.25) is 0 Å². The Bertz CT molecular complexity index is 283. The molecule has 1 atom stereocenters. The van der Waals surface area contributed by atoms with Crippen molar-refractivity contribution in [3.63, 3.8) is 0 Å². The van der Waals surface area contributed by atoms with E-state index in [0.29, 0.717) is 39.2 Å². The molecule has 98 valence electrons. The Hall–Kier alpha value is -1.30. The standard InChI is InChI=1S/C11H20N2O4/c1-3-17-10(14)4-5-12-6-7-13(11(15)16)8-9(12)2/h9H,3-8H2,1-2H3,(H,15,16)/t9-/m0/s1. The van der Waals surface area contributed by atoms with Crippen LogP contribution >= 0.6 is 0 Å². The van der Waals surface area contributed by atoms with Gasteiger partial charge < -0.3 is 14.7 Å². The van der Waals surface area contributed by atoms with E-state index in [1.165, 1.54) is 4.90 Å². The number of carboxylic acid groups (broad SMARTS) is 1. The number of carbonyl (C=O) groups is 2. The van der Waals surface area contributed by atoms with Gasteiger partial charge in [-0.15, -0.1) is 0 Å². The molecule has 0 radical (unpaired) electrons. The van der Waals surface area contributed by atoms with Crippen LogP contribution in [0.15, 0.2) is 0 Å². The smallest absolute Gasteiger partial charge is 0.407 e. The summed E-state index contributed by atoms with van der Waals surface area (Å²) < 4.78 is 4.86. The van der Waals surface area contributed by atoms with E-state index in [0.717, 1.165) is 0 Å². The molecule has 0 aliphatic carbocycles. The van der Waals surface area contributed by atoms with E-state index in [2.05, 4.69) is 4.90 Å². The van der Waals surface area contributed by atoms with Crippen molar-refractivity contribution in [3.05, 3.63) is 0 Å². The Balaban J connectivity index is 2.32. The molecule has 0 aromatic rings. The summed E-state index contributed by atoms with van der Waals surface area (Å²) in [4.78, 5) is 25.5. The van der Waals surface area contributed by atoms with Crippen molar-refractivity contribution in [2.24, 2.45) is 0 Å². The third kappa shape index (κ3) is 4.22. The van der Waals surface area contributed by atoms with Crippen molar-refractivity contribution in [1.29, 1.82) is 0 Å². The quantitative estimate of drug-likeness (QED) is 0.734. The summed E-state index contributed by atoms with van der Waals surface area (Å²) in [6.07, 6.45) is -0.507. The van der Waals surface area contributed by atoms with Crippen molar-refractivity contribution in [2.45, 2.75) is 26.3 Å². The van der Waals surface area contributed by atoms with Crippen LogP contribution in [0.25, 0.3) is 0 Å². The Morgan fingerprint density at radius 3 is 2.65 bits per heavy atom. The number of piperazine rings is 1. The molecule has 1 rings (SSSR count). The number of hydrogen-bond acceptors (Lipinski definition) is 4. The monoisotopic (exact) mass is 244 g/mol. The Morgan fingerprint density at radius 1 is 1.41 bits per heavy atom. The molecule has 0 bridgehead atoms. The summed E-state index contributed by atoms with van der Waals surface area (Å²) in [5.41, 5.74) is 0. The highest BCUT2D eigenvalue weighted by Gasteiger charge is 2.26. The Labute approximate surface area is 101 Å². The van der Waals surface area contributed by atoms with Gasteiger partial charge in [0.15, 0.2) is 0 Å². The first-order valence-electron chi connectivity index (χ1n) is 5.92. The van der Waals surface area contributed by atoms with E-state index in [-0.39, 0.29) is 12.0 Å². The second kappa shape index (κ2) is 6.44. The second-order valence-electron chi connectivity index (χ2n) is 4.17. The predicted octanol–water partition coefficient (Wildman–Crippen LogP) is 0.624. The number of rotatable bonds is 4. The summed E-state index contributed by atoms with van der Waals surface area (Å²) in [6, 6.07) is 0.147. The topological polar surface area (TPSA) is 70.1 Å². The lowest BCUT2D eigenvalue weighted by atomic mass is 10.2. The molecule has 1 saturated heterocycles. The van der Waals surface area contributed by atoms with E-state index in [4.69, 9.17) is 9.84 Å². The molecule has 0 saturated carbocycles. The Kier molecular flexibility index (Phi) is 5.21. The SMILES string of the molecule is CCOC(=O)CCN1CCN(C(=O)O)C[C@@H]1C. The van der Waals surface area contributed by atoms with Crippen LogP contribution < -0.4 is 0 Å². The van der Waals surface area contributed by atoms with Crippen LogP contribution in [0, 0.1) is 0 Å². The third-order valence-corrected chi connectivity index (χ3v) is 2.94. The summed E-state index contributed by atoms with van der Waals surface area (Å²) >= 11 is 0. The molecule has 1 amide bonds. The third-order valence-electron chi connectivity index (χ3n) is 2.94. The van der Waals surface area contributed by atoms with Crippen molar-refractivity contribution in [2.75, 3.05) is 32.8 Å². The van der Waals surface area contributed by atoms with E-state index in [1.54, 1.807) is 6.92 Å². The second-order valence-corrected chi connectivity index (χ2v) is 4.17. The van der Waals surface area contributed by atoms with Gasteiger partial charge in [0.05, 0.1) is 13.0 Å². The van der Waals surface area contributed by atoms with Crippen LogP contribution in [0.4, 0.5) is 4.79 Å². The molecule has 0 aromatic heterocycles. The summed E-state index contributed by atoms with van der Waals surface area (Å²) in [7, 11) is 0. The number of nitrogens with zero attached hydrogens (tertiary/aromatic N) is 2. The molecule has 17 heavy (non-hydrogen) atoms. The number of ether oxygens (including phenoxy) is 1. The summed E-state index contributed by atoms with van der Waals surface area (Å²) in [5, 5.41) is 8.86. The van der Waals surface area contributed by atoms with Gasteiger partial charge in [-0.1, -0.05) is 0 Å². The molecule has 1 heterocycles. The van der Waals surface area contributed by atoms with Gasteiger partial charge in [-0.2, -0.15) is 0 Å². The maximum Gasteiger partial charge on any atom is 0.407 e. The van der Waals surface area contributed by atoms with E-state index in [1.807, 2.05) is 6.92 Å². The maximum absolute atomic E-state index is 11.2. The molecule has 0 aromatic carbocycles. The first-order valence-corrected chi connectivity index (χ1v) is 5.92. The average molecular weight is 244 g/mol. The van der Waals surface area contributed by atoms with E-state index in [9.17, 15) is 9.59 Å². The van der Waals surface area contributed by atoms with Gasteiger partial charge in [0.2, 0.25) is 0 Å². The van der Waals surface area contributed by atoms with Gasteiger partial charge in [0, 0.05) is 32.2 Å². The first-order chi connectivity index (χ1) is 8.04. The molecule has 0 unspecified atom stereocenters. The van der Waals surface area contributed by atoms with Crippen molar-refractivity contribution in [1.82, 2.24) is 9.80 Å². The fourth-order valence-corrected chi connectivity index (χ4v) is 1.97. The molecular weight excluding hydrogens is 224 g/mol. The molecule has 1 aliphatic heterocycles. The minimum Gasteiger partial charge on any atom is -0.466 e. The van der Waals surface area contributed by atoms with Gasteiger partial charge in [-0.05, 0) is 13.8 Å². The summed E-state index contributed by atoms with van der Waals surface area (Å²) in [5.74, 6) is -0.194. The van der Waals surface area contributed by atoms with Crippen LogP contribution in [0.5, 0.6) is 0 Å². The Morgan fingerprint density at radius 2 is 2.12 bits per heavy atom. The zero-order valence-corrected chi connectivity index (χ0v) is 10.4. The van der Waals surface area contributed by atoms with Gasteiger partial charge in [-0.3, -0.25) is 9.69 Å². The van der Waals surface area contributed by atoms with Crippen LogP contribution in [0.3, 0.4) is 0 Å². The van der Waals surface area contributed by atoms with Crippen molar-refractivity contribution >= 4 is 12.1 Å². The number of carbonyl (C=O) groups excluding carboxylic acids is 1. The van der Waals surface area contributed by atoms with Crippen LogP contribution in [-0.4, -0.2) is 65.8 Å². The van der Waals surface area contributed by atoms with Gasteiger partial charge in [-0.25, -0.2) is 4.79 Å². The van der Waals surface area contributed by atoms with E-state index >= 15 is 0 Å². The lowest BCUT2D eigenvalue weighted by Crippen LogP contribution is -2.53. The number of esters is 1. The average Bonchev–Trinajstić information content (AvgIpc) is 2.27. The number of amides is 1. The molecular formula is C11H20N2O4. The molecule has 1 N–H and O–H groups in total. The highest BCUT2D eigenvalue weighted by molar-refractivity contribution is 5.69. The van der Waals surface area contributed by atoms with Gasteiger partial charge >= 0.3 is 12.1 Å². The lowest BCUT2D eigenvalue weighted by Gasteiger charge is -2.38. The zero-order chi connectivity index (χ0) is 12.8. The lowest BCUT2D eigenvalue weighted by molar-refractivity contribution is -0.143. The van der Waals surface area contributed by atoms with Crippen LogP contribution in [0.1, 0.15) is 20.3 Å². The zero-order valence-electron chi connectivity index (χ0n) is 10.4. The molecule has 6 nitrogen and oxygen atoms in total. The highest BCUT2D eigenvalue weighted by Crippen LogP contribution is 2.10. The first kappa shape index (κ1) is 13.8. The van der Waals surface area contributed by atoms with Crippen LogP contribution in [-0.2, 0) is 9.53 Å². The normalized spacial score (nSPS) is 21.3. The maximum atomic E-state index is 11.2.